The van der Waals surface area contributed by atoms with Gasteiger partial charge in [-0.05, 0) is 33.1 Å². The first-order valence-electron chi connectivity index (χ1n) is 10.1. The summed E-state index contributed by atoms with van der Waals surface area (Å²) in [5.41, 5.74) is 4.27. The molecule has 30 heavy (non-hydrogen) atoms. The van der Waals surface area contributed by atoms with E-state index in [1.807, 2.05) is 74.5 Å². The van der Waals surface area contributed by atoms with Gasteiger partial charge >= 0.3 is 12.0 Å². The predicted octanol–water partition coefficient (Wildman–Crippen LogP) is 4.49. The van der Waals surface area contributed by atoms with Gasteiger partial charge in [0.15, 0.2) is 0 Å². The summed E-state index contributed by atoms with van der Waals surface area (Å²) < 4.78 is 5.45. The molecule has 0 spiro atoms. The van der Waals surface area contributed by atoms with Crippen molar-refractivity contribution in [2.45, 2.75) is 52.7 Å². The van der Waals surface area contributed by atoms with Crippen molar-refractivity contribution in [3.63, 3.8) is 0 Å². The molecule has 6 heteroatoms. The molecule has 0 saturated heterocycles. The molecule has 0 aliphatic heterocycles. The number of nitrogens with zero attached hydrogens (tertiary/aromatic N) is 1. The molecule has 6 nitrogen and oxygen atoms in total. The molecule has 2 aromatic carbocycles. The van der Waals surface area contributed by atoms with Gasteiger partial charge in [0.2, 0.25) is 0 Å². The summed E-state index contributed by atoms with van der Waals surface area (Å²) >= 11 is 0. The fourth-order valence-corrected chi connectivity index (χ4v) is 2.84. The third-order valence-corrected chi connectivity index (χ3v) is 4.07. The average Bonchev–Trinajstić information content (AvgIpc) is 2.67. The van der Waals surface area contributed by atoms with E-state index in [0.29, 0.717) is 12.1 Å². The number of hydrogen-bond acceptors (Lipinski definition) is 4. The molecule has 2 amide bonds. The van der Waals surface area contributed by atoms with Crippen LogP contribution in [0.25, 0.3) is 0 Å². The molecule has 2 N–H and O–H groups in total. The Balaban J connectivity index is 2.17. The van der Waals surface area contributed by atoms with Crippen molar-refractivity contribution in [2.75, 3.05) is 0 Å². The number of carbonyl (C=O) groups excluding carboxylic acids is 2. The summed E-state index contributed by atoms with van der Waals surface area (Å²) in [6.45, 7) is 9.37. The van der Waals surface area contributed by atoms with Gasteiger partial charge in [-0.3, -0.25) is 0 Å². The zero-order chi connectivity index (χ0) is 22.1. The summed E-state index contributed by atoms with van der Waals surface area (Å²) in [6.07, 6.45) is 0.469. The third-order valence-electron chi connectivity index (χ3n) is 4.07. The van der Waals surface area contributed by atoms with Crippen molar-refractivity contribution >= 4 is 17.7 Å². The molecule has 0 radical (unpaired) electrons. The van der Waals surface area contributed by atoms with Gasteiger partial charge in [-0.1, -0.05) is 74.5 Å². The third kappa shape index (κ3) is 7.70. The smallest absolute Gasteiger partial charge is 0.335 e. The average molecular weight is 410 g/mol. The minimum Gasteiger partial charge on any atom is -0.458 e. The minimum atomic E-state index is -0.753. The highest BCUT2D eigenvalue weighted by atomic mass is 16.6. The van der Waals surface area contributed by atoms with Gasteiger partial charge in [-0.15, -0.1) is 0 Å². The van der Waals surface area contributed by atoms with Gasteiger partial charge in [-0.25, -0.2) is 15.0 Å². The Kier molecular flexibility index (Phi) is 8.16. The van der Waals surface area contributed by atoms with E-state index in [9.17, 15) is 9.59 Å². The Hall–Kier alpha value is -3.15. The Morgan fingerprint density at radius 2 is 1.43 bits per heavy atom. The highest BCUT2D eigenvalue weighted by molar-refractivity contribution is 6.13. The van der Waals surface area contributed by atoms with Crippen molar-refractivity contribution in [2.24, 2.45) is 11.0 Å². The van der Waals surface area contributed by atoms with Crippen LogP contribution in [0.15, 0.2) is 65.8 Å². The SMILES string of the molecule is CC(C)C[C@H](NC(=O)NN=C(c1ccccc1)c1ccccc1)C(=O)OC(C)(C)C. The monoisotopic (exact) mass is 409 g/mol. The number of hydrazone groups is 1. The number of ether oxygens (including phenoxy) is 1. The van der Waals surface area contributed by atoms with E-state index in [4.69, 9.17) is 4.74 Å². The second kappa shape index (κ2) is 10.6. The fraction of sp³-hybridized carbons (Fsp3) is 0.375. The molecule has 2 aromatic rings. The van der Waals surface area contributed by atoms with E-state index in [-0.39, 0.29) is 5.92 Å². The van der Waals surface area contributed by atoms with Crippen molar-refractivity contribution in [3.05, 3.63) is 71.8 Å². The quantitative estimate of drug-likeness (QED) is 0.402. The molecule has 0 aliphatic carbocycles. The van der Waals surface area contributed by atoms with Crippen molar-refractivity contribution in [1.29, 1.82) is 0 Å². The van der Waals surface area contributed by atoms with Gasteiger partial charge in [0.1, 0.15) is 11.6 Å². The zero-order valence-corrected chi connectivity index (χ0v) is 18.3. The highest BCUT2D eigenvalue weighted by Gasteiger charge is 2.27. The molecular formula is C24H31N3O3. The summed E-state index contributed by atoms with van der Waals surface area (Å²) in [5, 5.41) is 7.03. The van der Waals surface area contributed by atoms with Gasteiger partial charge in [0.05, 0.1) is 5.71 Å². The molecule has 0 fully saturated rings. The number of hydrogen-bond donors (Lipinski definition) is 2. The zero-order valence-electron chi connectivity index (χ0n) is 18.3. The van der Waals surface area contributed by atoms with Crippen LogP contribution in [0.2, 0.25) is 0 Å². The maximum absolute atomic E-state index is 12.5. The van der Waals surface area contributed by atoms with E-state index < -0.39 is 23.6 Å². The standard InChI is InChI=1S/C24H31N3O3/c1-17(2)16-20(22(28)30-24(3,4)5)25-23(29)27-26-21(18-12-8-6-9-13-18)19-14-10-7-11-15-19/h6-15,17,20H,16H2,1-5H3,(H2,25,27,29)/t20-/m0/s1. The second-order valence-corrected chi connectivity index (χ2v) is 8.49. The van der Waals surface area contributed by atoms with Crippen LogP contribution >= 0.6 is 0 Å². The number of rotatable bonds is 7. The second-order valence-electron chi connectivity index (χ2n) is 8.49. The van der Waals surface area contributed by atoms with Crippen LogP contribution in [0.5, 0.6) is 0 Å². The summed E-state index contributed by atoms with van der Waals surface area (Å²) in [6, 6.07) is 17.9. The number of nitrogens with one attached hydrogen (secondary N) is 2. The van der Waals surface area contributed by atoms with E-state index in [2.05, 4.69) is 15.8 Å². The van der Waals surface area contributed by atoms with Gasteiger partial charge in [0.25, 0.3) is 0 Å². The van der Waals surface area contributed by atoms with Crippen molar-refractivity contribution in [1.82, 2.24) is 10.7 Å². The van der Waals surface area contributed by atoms with Crippen LogP contribution in [-0.2, 0) is 9.53 Å². The normalized spacial score (nSPS) is 12.1. The lowest BCUT2D eigenvalue weighted by Gasteiger charge is -2.25. The molecular weight excluding hydrogens is 378 g/mol. The Bertz CT molecular complexity index is 815. The number of urea groups is 1. The van der Waals surface area contributed by atoms with Gasteiger partial charge in [-0.2, -0.15) is 5.10 Å². The maximum atomic E-state index is 12.5. The molecule has 2 rings (SSSR count). The molecule has 1 atom stereocenters. The molecule has 0 aliphatic rings. The number of amides is 2. The Morgan fingerprint density at radius 1 is 0.933 bits per heavy atom. The van der Waals surface area contributed by atoms with E-state index >= 15 is 0 Å². The maximum Gasteiger partial charge on any atom is 0.335 e. The lowest BCUT2D eigenvalue weighted by Crippen LogP contribution is -2.47. The van der Waals surface area contributed by atoms with Crippen LogP contribution in [-0.4, -0.2) is 29.4 Å². The van der Waals surface area contributed by atoms with E-state index in [0.717, 1.165) is 11.1 Å². The van der Waals surface area contributed by atoms with Crippen LogP contribution in [0.4, 0.5) is 4.79 Å². The van der Waals surface area contributed by atoms with Crippen molar-refractivity contribution < 1.29 is 14.3 Å². The van der Waals surface area contributed by atoms with E-state index in [1.165, 1.54) is 0 Å². The predicted molar refractivity (Wildman–Crippen MR) is 119 cm³/mol. The number of benzene rings is 2. The molecule has 160 valence electrons. The first kappa shape index (κ1) is 23.1. The van der Waals surface area contributed by atoms with Crippen LogP contribution in [0.1, 0.15) is 52.2 Å². The van der Waals surface area contributed by atoms with Crippen LogP contribution in [0.3, 0.4) is 0 Å². The van der Waals surface area contributed by atoms with Gasteiger partial charge < -0.3 is 10.1 Å². The molecule has 0 heterocycles. The first-order valence-corrected chi connectivity index (χ1v) is 10.1. The van der Waals surface area contributed by atoms with Crippen molar-refractivity contribution in [3.8, 4) is 0 Å². The molecule has 0 bridgehead atoms. The summed E-state index contributed by atoms with van der Waals surface area (Å²) in [4.78, 5) is 25.0. The number of carbonyl (C=O) groups is 2. The fourth-order valence-electron chi connectivity index (χ4n) is 2.84. The van der Waals surface area contributed by atoms with Crippen LogP contribution < -0.4 is 10.7 Å². The minimum absolute atomic E-state index is 0.204. The first-order chi connectivity index (χ1) is 14.2. The summed E-state index contributed by atoms with van der Waals surface area (Å²) in [5.74, 6) is -0.253. The molecule has 0 saturated carbocycles. The lowest BCUT2D eigenvalue weighted by molar-refractivity contribution is -0.157. The Morgan fingerprint density at radius 3 is 1.87 bits per heavy atom. The topological polar surface area (TPSA) is 79.8 Å². The van der Waals surface area contributed by atoms with Gasteiger partial charge in [0, 0.05) is 11.1 Å². The Labute approximate surface area is 178 Å². The highest BCUT2D eigenvalue weighted by Crippen LogP contribution is 2.13. The molecule has 0 unspecified atom stereocenters. The summed E-state index contributed by atoms with van der Waals surface area (Å²) in [7, 11) is 0. The van der Waals surface area contributed by atoms with Crippen LogP contribution in [0, 0.1) is 5.92 Å². The lowest BCUT2D eigenvalue weighted by atomic mass is 10.0. The largest absolute Gasteiger partial charge is 0.458 e. The van der Waals surface area contributed by atoms with E-state index in [1.54, 1.807) is 20.8 Å². The number of esters is 1. The molecule has 0 aromatic heterocycles.